The number of alkyl halides is 3. The van der Waals surface area contributed by atoms with E-state index in [2.05, 4.69) is 6.58 Å². The molecule has 2 atom stereocenters. The van der Waals surface area contributed by atoms with E-state index in [0.717, 1.165) is 18.2 Å². The predicted octanol–water partition coefficient (Wildman–Crippen LogP) is 2.83. The quantitative estimate of drug-likeness (QED) is 0.771. The smallest absolute Gasteiger partial charge is 0.416 e. The van der Waals surface area contributed by atoms with Crippen LogP contribution in [0.5, 0.6) is 5.75 Å². The lowest BCUT2D eigenvalue weighted by atomic mass is 9.74. The summed E-state index contributed by atoms with van der Waals surface area (Å²) in [7, 11) is 0. The van der Waals surface area contributed by atoms with E-state index in [1.807, 2.05) is 0 Å². The largest absolute Gasteiger partial charge is 0.489 e. The Labute approximate surface area is 159 Å². The molecule has 0 bridgehead atoms. The molecule has 0 unspecified atom stereocenters. The number of amides is 1. The molecule has 1 amide bonds. The molecule has 0 aromatic heterocycles. The Morgan fingerprint density at radius 1 is 1.43 bits per heavy atom. The van der Waals surface area contributed by atoms with Crippen LogP contribution in [-0.2, 0) is 15.7 Å². The van der Waals surface area contributed by atoms with Crippen LogP contribution in [0.4, 0.5) is 13.2 Å². The van der Waals surface area contributed by atoms with Crippen molar-refractivity contribution in [2.24, 2.45) is 11.3 Å². The van der Waals surface area contributed by atoms with Crippen molar-refractivity contribution in [1.29, 1.82) is 0 Å². The average Bonchev–Trinajstić information content (AvgIpc) is 3.06. The first-order valence-corrected chi connectivity index (χ1v) is 8.74. The molecule has 0 aliphatic carbocycles. The topological polar surface area (TPSA) is 76.1 Å². The first-order chi connectivity index (χ1) is 13.2. The number of aliphatic carboxylic acids is 1. The fraction of sp³-hybridized carbons (Fsp3) is 0.474. The summed E-state index contributed by atoms with van der Waals surface area (Å²) in [6, 6.07) is 2.68. The van der Waals surface area contributed by atoms with Crippen LogP contribution >= 0.6 is 0 Å². The van der Waals surface area contributed by atoms with Crippen molar-refractivity contribution in [2.75, 3.05) is 32.9 Å². The molecule has 152 valence electrons. The van der Waals surface area contributed by atoms with E-state index in [-0.39, 0.29) is 50.6 Å². The van der Waals surface area contributed by atoms with Crippen LogP contribution in [-0.4, -0.2) is 54.8 Å². The molecule has 0 spiro atoms. The third-order valence-corrected chi connectivity index (χ3v) is 5.31. The van der Waals surface area contributed by atoms with Gasteiger partial charge in [0, 0.05) is 25.6 Å². The third-order valence-electron chi connectivity index (χ3n) is 5.31. The Morgan fingerprint density at radius 2 is 2.18 bits per heavy atom. The van der Waals surface area contributed by atoms with Gasteiger partial charge >= 0.3 is 12.1 Å². The van der Waals surface area contributed by atoms with Crippen LogP contribution in [0.15, 0.2) is 30.9 Å². The summed E-state index contributed by atoms with van der Waals surface area (Å²) in [5.41, 5.74) is -2.37. The lowest BCUT2D eigenvalue weighted by Gasteiger charge is -2.33. The highest BCUT2D eigenvalue weighted by molar-refractivity contribution is 5.98. The fourth-order valence-corrected chi connectivity index (χ4v) is 3.77. The number of rotatable bonds is 5. The van der Waals surface area contributed by atoms with Gasteiger partial charge in [0.25, 0.3) is 5.91 Å². The van der Waals surface area contributed by atoms with Crippen molar-refractivity contribution in [2.45, 2.75) is 12.6 Å². The van der Waals surface area contributed by atoms with Crippen LogP contribution in [0.3, 0.4) is 0 Å². The van der Waals surface area contributed by atoms with Crippen LogP contribution in [0.2, 0.25) is 0 Å². The minimum Gasteiger partial charge on any atom is -0.489 e. The maximum atomic E-state index is 13.1. The van der Waals surface area contributed by atoms with Gasteiger partial charge in [-0.05, 0) is 24.6 Å². The lowest BCUT2D eigenvalue weighted by molar-refractivity contribution is -0.157. The molecule has 2 fully saturated rings. The normalized spacial score (nSPS) is 24.5. The molecular formula is C19H20F3NO5. The van der Waals surface area contributed by atoms with Gasteiger partial charge in [-0.15, -0.1) is 0 Å². The van der Waals surface area contributed by atoms with E-state index >= 15 is 0 Å². The number of ether oxygens (including phenoxy) is 2. The second kappa shape index (κ2) is 7.46. The van der Waals surface area contributed by atoms with E-state index in [0.29, 0.717) is 0 Å². The zero-order chi connectivity index (χ0) is 20.5. The van der Waals surface area contributed by atoms with Gasteiger partial charge in [-0.25, -0.2) is 0 Å². The van der Waals surface area contributed by atoms with Crippen molar-refractivity contribution in [3.63, 3.8) is 0 Å². The summed E-state index contributed by atoms with van der Waals surface area (Å²) in [4.78, 5) is 26.2. The van der Waals surface area contributed by atoms with E-state index in [1.165, 1.54) is 11.0 Å². The van der Waals surface area contributed by atoms with Crippen LogP contribution in [0.1, 0.15) is 22.3 Å². The van der Waals surface area contributed by atoms with Crippen molar-refractivity contribution in [3.05, 3.63) is 42.0 Å². The van der Waals surface area contributed by atoms with E-state index < -0.39 is 34.9 Å². The number of carbonyl (C=O) groups excluding carboxylic acids is 1. The minimum atomic E-state index is -4.62. The van der Waals surface area contributed by atoms with Gasteiger partial charge in [0.1, 0.15) is 12.4 Å². The molecule has 1 aromatic rings. The third kappa shape index (κ3) is 3.58. The number of likely N-dealkylation sites (tertiary alicyclic amines) is 1. The number of halogens is 3. The molecular weight excluding hydrogens is 379 g/mol. The van der Waals surface area contributed by atoms with Gasteiger partial charge in [0.15, 0.2) is 0 Å². The number of carbonyl (C=O) groups is 2. The molecule has 28 heavy (non-hydrogen) atoms. The highest BCUT2D eigenvalue weighted by atomic mass is 19.4. The molecule has 0 saturated carbocycles. The molecule has 2 aliphatic heterocycles. The zero-order valence-electron chi connectivity index (χ0n) is 15.0. The monoisotopic (exact) mass is 399 g/mol. The van der Waals surface area contributed by atoms with Gasteiger partial charge in [0.2, 0.25) is 0 Å². The SMILES string of the molecule is C=CCOc1ccc(C(F)(F)F)cc1C(=O)N1C[C@H]2COCC[C@@]2(C(=O)O)C1. The van der Waals surface area contributed by atoms with Gasteiger partial charge in [-0.1, -0.05) is 12.7 Å². The predicted molar refractivity (Wildman–Crippen MR) is 92.0 cm³/mol. The summed E-state index contributed by atoms with van der Waals surface area (Å²) in [6.45, 7) is 3.98. The van der Waals surface area contributed by atoms with Gasteiger partial charge < -0.3 is 19.5 Å². The summed E-state index contributed by atoms with van der Waals surface area (Å²) >= 11 is 0. The van der Waals surface area contributed by atoms with Crippen LogP contribution in [0.25, 0.3) is 0 Å². The van der Waals surface area contributed by atoms with Crippen molar-refractivity contribution in [1.82, 2.24) is 4.90 Å². The van der Waals surface area contributed by atoms with E-state index in [1.54, 1.807) is 0 Å². The van der Waals surface area contributed by atoms with Crippen LogP contribution < -0.4 is 4.74 Å². The van der Waals surface area contributed by atoms with Crippen molar-refractivity contribution < 1.29 is 37.3 Å². The summed E-state index contributed by atoms with van der Waals surface area (Å²) in [6.07, 6.45) is -2.96. The summed E-state index contributed by atoms with van der Waals surface area (Å²) in [5, 5.41) is 9.71. The second-order valence-electron chi connectivity index (χ2n) is 6.98. The van der Waals surface area contributed by atoms with Crippen molar-refractivity contribution in [3.8, 4) is 5.75 Å². The molecule has 2 saturated heterocycles. The standard InChI is InChI=1S/C19H20F3NO5/c1-2-6-28-15-4-3-12(19(20,21)22)8-14(15)16(24)23-9-13-10-27-7-5-18(13,11-23)17(25)26/h2-4,8,13H,1,5-7,9-11H2,(H,25,26)/t13-,18+/m0/s1. The highest BCUT2D eigenvalue weighted by Gasteiger charge is 2.55. The number of benzene rings is 1. The highest BCUT2D eigenvalue weighted by Crippen LogP contribution is 2.43. The number of carboxylic acids is 1. The molecule has 1 aromatic carbocycles. The Hall–Kier alpha value is -2.55. The molecule has 2 aliphatic rings. The number of hydrogen-bond donors (Lipinski definition) is 1. The summed E-state index contributed by atoms with van der Waals surface area (Å²) in [5.74, 6) is -2.14. The average molecular weight is 399 g/mol. The second-order valence-corrected chi connectivity index (χ2v) is 6.98. The number of fused-ring (bicyclic) bond motifs is 1. The van der Waals surface area contributed by atoms with Gasteiger partial charge in [-0.2, -0.15) is 13.2 Å². The Morgan fingerprint density at radius 3 is 2.79 bits per heavy atom. The maximum Gasteiger partial charge on any atom is 0.416 e. The number of nitrogens with zero attached hydrogens (tertiary/aromatic N) is 1. The summed E-state index contributed by atoms with van der Waals surface area (Å²) < 4.78 is 50.1. The Balaban J connectivity index is 1.94. The number of hydrogen-bond acceptors (Lipinski definition) is 4. The van der Waals surface area contributed by atoms with Gasteiger partial charge in [0.05, 0.1) is 23.1 Å². The zero-order valence-corrected chi connectivity index (χ0v) is 15.0. The van der Waals surface area contributed by atoms with E-state index in [9.17, 15) is 27.9 Å². The molecule has 6 nitrogen and oxygen atoms in total. The molecule has 1 N–H and O–H groups in total. The molecule has 0 radical (unpaired) electrons. The molecule has 3 rings (SSSR count). The molecule has 2 heterocycles. The maximum absolute atomic E-state index is 13.1. The Bertz CT molecular complexity index is 794. The first kappa shape index (κ1) is 20.2. The lowest BCUT2D eigenvalue weighted by Crippen LogP contribution is -2.45. The number of carboxylic acid groups (broad SMARTS) is 1. The minimum absolute atomic E-state index is 0.00611. The van der Waals surface area contributed by atoms with Crippen LogP contribution in [0, 0.1) is 11.3 Å². The Kier molecular flexibility index (Phi) is 5.38. The van der Waals surface area contributed by atoms with E-state index in [4.69, 9.17) is 9.47 Å². The van der Waals surface area contributed by atoms with Crippen molar-refractivity contribution >= 4 is 11.9 Å². The van der Waals surface area contributed by atoms with Gasteiger partial charge in [-0.3, -0.25) is 9.59 Å². The molecule has 9 heteroatoms. The first-order valence-electron chi connectivity index (χ1n) is 8.74. The fourth-order valence-electron chi connectivity index (χ4n) is 3.77.